The molecule has 1 heterocycles. The molecular formula is C12H14N2O. The second-order valence-electron chi connectivity index (χ2n) is 3.57. The highest BCUT2D eigenvalue weighted by atomic mass is 16.3. The molecule has 0 saturated heterocycles. The predicted molar refractivity (Wildman–Crippen MR) is 58.7 cm³/mol. The molecule has 2 rings (SSSR count). The van der Waals surface area contributed by atoms with Gasteiger partial charge in [-0.1, -0.05) is 12.1 Å². The molecule has 0 amide bonds. The van der Waals surface area contributed by atoms with Gasteiger partial charge in [0.15, 0.2) is 0 Å². The minimum Gasteiger partial charge on any atom is -0.508 e. The van der Waals surface area contributed by atoms with E-state index in [-0.39, 0.29) is 0 Å². The van der Waals surface area contributed by atoms with E-state index in [2.05, 4.69) is 9.55 Å². The molecule has 3 heteroatoms. The van der Waals surface area contributed by atoms with Gasteiger partial charge in [0.2, 0.25) is 0 Å². The maximum absolute atomic E-state index is 9.28. The number of nitrogens with zero attached hydrogens (tertiary/aromatic N) is 2. The van der Waals surface area contributed by atoms with Gasteiger partial charge < -0.3 is 9.67 Å². The molecule has 78 valence electrons. The molecule has 0 aliphatic rings. The SMILES string of the molecule is Oc1cccc(CCCn2ccnc2)c1. The van der Waals surface area contributed by atoms with Crippen LogP contribution in [0, 0.1) is 0 Å². The van der Waals surface area contributed by atoms with E-state index in [0.717, 1.165) is 19.4 Å². The van der Waals surface area contributed by atoms with Crippen molar-refractivity contribution in [1.82, 2.24) is 9.55 Å². The zero-order valence-corrected chi connectivity index (χ0v) is 8.50. The van der Waals surface area contributed by atoms with Gasteiger partial charge in [-0.3, -0.25) is 0 Å². The number of rotatable bonds is 4. The van der Waals surface area contributed by atoms with Gasteiger partial charge in [-0.15, -0.1) is 0 Å². The zero-order valence-electron chi connectivity index (χ0n) is 8.50. The first-order chi connectivity index (χ1) is 7.34. The zero-order chi connectivity index (χ0) is 10.5. The molecule has 1 aromatic heterocycles. The fourth-order valence-corrected chi connectivity index (χ4v) is 1.60. The molecule has 0 aliphatic heterocycles. The average molecular weight is 202 g/mol. The van der Waals surface area contributed by atoms with Gasteiger partial charge in [-0.25, -0.2) is 4.98 Å². The van der Waals surface area contributed by atoms with E-state index in [1.165, 1.54) is 5.56 Å². The predicted octanol–water partition coefficient (Wildman–Crippen LogP) is 2.22. The Kier molecular flexibility index (Phi) is 3.02. The summed E-state index contributed by atoms with van der Waals surface area (Å²) in [5.74, 6) is 0.343. The highest BCUT2D eigenvalue weighted by Gasteiger charge is 1.95. The van der Waals surface area contributed by atoms with Crippen molar-refractivity contribution < 1.29 is 5.11 Å². The van der Waals surface area contributed by atoms with E-state index >= 15 is 0 Å². The van der Waals surface area contributed by atoms with Crippen molar-refractivity contribution in [3.8, 4) is 5.75 Å². The van der Waals surface area contributed by atoms with Crippen molar-refractivity contribution in [3.05, 3.63) is 48.5 Å². The maximum atomic E-state index is 9.28. The summed E-state index contributed by atoms with van der Waals surface area (Å²) in [5, 5.41) is 9.28. The maximum Gasteiger partial charge on any atom is 0.115 e. The molecule has 0 radical (unpaired) electrons. The number of aromatic hydroxyl groups is 1. The van der Waals surface area contributed by atoms with E-state index in [4.69, 9.17) is 0 Å². The molecule has 0 unspecified atom stereocenters. The molecule has 15 heavy (non-hydrogen) atoms. The summed E-state index contributed by atoms with van der Waals surface area (Å²) < 4.78 is 2.06. The number of imidazole rings is 1. The normalized spacial score (nSPS) is 10.4. The van der Waals surface area contributed by atoms with E-state index < -0.39 is 0 Å². The van der Waals surface area contributed by atoms with Crippen LogP contribution in [0.5, 0.6) is 5.75 Å². The number of phenols is 1. The van der Waals surface area contributed by atoms with Crippen LogP contribution in [0.3, 0.4) is 0 Å². The molecule has 3 nitrogen and oxygen atoms in total. The lowest BCUT2D eigenvalue weighted by Gasteiger charge is -2.03. The largest absolute Gasteiger partial charge is 0.508 e. The van der Waals surface area contributed by atoms with Gasteiger partial charge in [0.25, 0.3) is 0 Å². The van der Waals surface area contributed by atoms with Crippen LogP contribution in [0.4, 0.5) is 0 Å². The monoisotopic (exact) mass is 202 g/mol. The Labute approximate surface area is 89.0 Å². The van der Waals surface area contributed by atoms with Gasteiger partial charge in [-0.2, -0.15) is 0 Å². The van der Waals surface area contributed by atoms with Crippen molar-refractivity contribution in [1.29, 1.82) is 0 Å². The van der Waals surface area contributed by atoms with Crippen LogP contribution in [0.2, 0.25) is 0 Å². The van der Waals surface area contributed by atoms with Crippen LogP contribution in [-0.2, 0) is 13.0 Å². The minimum atomic E-state index is 0.343. The summed E-state index contributed by atoms with van der Waals surface area (Å²) >= 11 is 0. The Hall–Kier alpha value is -1.77. The van der Waals surface area contributed by atoms with E-state index in [0.29, 0.717) is 5.75 Å². The summed E-state index contributed by atoms with van der Waals surface area (Å²) in [5.41, 5.74) is 1.18. The third-order valence-corrected chi connectivity index (χ3v) is 2.35. The summed E-state index contributed by atoms with van der Waals surface area (Å²) in [6, 6.07) is 7.42. The summed E-state index contributed by atoms with van der Waals surface area (Å²) in [7, 11) is 0. The standard InChI is InChI=1S/C12H14N2O/c15-12-5-1-3-11(9-12)4-2-7-14-8-6-13-10-14/h1,3,5-6,8-10,15H,2,4,7H2. The minimum absolute atomic E-state index is 0.343. The van der Waals surface area contributed by atoms with Crippen LogP contribution < -0.4 is 0 Å². The van der Waals surface area contributed by atoms with Gasteiger partial charge in [0, 0.05) is 18.9 Å². The van der Waals surface area contributed by atoms with Crippen LogP contribution in [0.1, 0.15) is 12.0 Å². The Bertz CT molecular complexity index is 409. The summed E-state index contributed by atoms with van der Waals surface area (Å²) in [4.78, 5) is 3.98. The smallest absolute Gasteiger partial charge is 0.115 e. The third-order valence-electron chi connectivity index (χ3n) is 2.35. The number of aryl methyl sites for hydroxylation is 2. The van der Waals surface area contributed by atoms with Crippen LogP contribution in [-0.4, -0.2) is 14.7 Å². The Morgan fingerprint density at radius 3 is 3.00 bits per heavy atom. The van der Waals surface area contributed by atoms with Crippen molar-refractivity contribution in [2.45, 2.75) is 19.4 Å². The molecule has 0 aliphatic carbocycles. The van der Waals surface area contributed by atoms with E-state index in [1.54, 1.807) is 12.3 Å². The number of benzene rings is 1. The fraction of sp³-hybridized carbons (Fsp3) is 0.250. The van der Waals surface area contributed by atoms with Crippen molar-refractivity contribution in [2.24, 2.45) is 0 Å². The van der Waals surface area contributed by atoms with Crippen molar-refractivity contribution in [2.75, 3.05) is 0 Å². The second-order valence-corrected chi connectivity index (χ2v) is 3.57. The lowest BCUT2D eigenvalue weighted by Crippen LogP contribution is -1.96. The third kappa shape index (κ3) is 2.84. The first-order valence-electron chi connectivity index (χ1n) is 5.08. The molecule has 1 N–H and O–H groups in total. The molecule has 0 saturated carbocycles. The van der Waals surface area contributed by atoms with Crippen LogP contribution in [0.15, 0.2) is 43.0 Å². The van der Waals surface area contributed by atoms with E-state index in [9.17, 15) is 5.11 Å². The number of phenolic OH excluding ortho intramolecular Hbond substituents is 1. The van der Waals surface area contributed by atoms with Gasteiger partial charge in [-0.05, 0) is 30.5 Å². The fourth-order valence-electron chi connectivity index (χ4n) is 1.60. The Balaban J connectivity index is 1.83. The number of hydrogen-bond donors (Lipinski definition) is 1. The summed E-state index contributed by atoms with van der Waals surface area (Å²) in [6.45, 7) is 0.968. The molecule has 0 fully saturated rings. The van der Waals surface area contributed by atoms with E-state index in [1.807, 2.05) is 30.7 Å². The van der Waals surface area contributed by atoms with Gasteiger partial charge >= 0.3 is 0 Å². The lowest BCUT2D eigenvalue weighted by atomic mass is 10.1. The highest BCUT2D eigenvalue weighted by molar-refractivity contribution is 5.27. The van der Waals surface area contributed by atoms with Crippen LogP contribution >= 0.6 is 0 Å². The number of hydrogen-bond acceptors (Lipinski definition) is 2. The molecule has 1 aromatic carbocycles. The topological polar surface area (TPSA) is 38.0 Å². The average Bonchev–Trinajstić information content (AvgIpc) is 2.71. The highest BCUT2D eigenvalue weighted by Crippen LogP contribution is 2.12. The quantitative estimate of drug-likeness (QED) is 0.825. The number of aromatic nitrogens is 2. The van der Waals surface area contributed by atoms with Crippen molar-refractivity contribution >= 4 is 0 Å². The molecular weight excluding hydrogens is 188 g/mol. The van der Waals surface area contributed by atoms with Crippen LogP contribution in [0.25, 0.3) is 0 Å². The molecule has 0 spiro atoms. The first kappa shape index (κ1) is 9.77. The summed E-state index contributed by atoms with van der Waals surface area (Å²) in [6.07, 6.45) is 7.60. The van der Waals surface area contributed by atoms with Gasteiger partial charge in [0.05, 0.1) is 6.33 Å². The van der Waals surface area contributed by atoms with Gasteiger partial charge in [0.1, 0.15) is 5.75 Å². The Morgan fingerprint density at radius 1 is 1.33 bits per heavy atom. The lowest BCUT2D eigenvalue weighted by molar-refractivity contribution is 0.474. The van der Waals surface area contributed by atoms with Crippen molar-refractivity contribution in [3.63, 3.8) is 0 Å². The second kappa shape index (κ2) is 4.64. The molecule has 2 aromatic rings. The molecule has 0 atom stereocenters. The molecule has 0 bridgehead atoms. The Morgan fingerprint density at radius 2 is 2.27 bits per heavy atom. The first-order valence-corrected chi connectivity index (χ1v) is 5.08.